The summed E-state index contributed by atoms with van der Waals surface area (Å²) in [4.78, 5) is 0. The van der Waals surface area contributed by atoms with Crippen molar-refractivity contribution < 1.29 is 0 Å². The number of hydrogen-bond acceptors (Lipinski definition) is 3. The third-order valence-corrected chi connectivity index (χ3v) is 18.8. The predicted octanol–water partition coefficient (Wildman–Crippen LogP) is 20.2. The Hall–Kier alpha value is -11.2. The van der Waals surface area contributed by atoms with E-state index in [4.69, 9.17) is 0 Å². The van der Waals surface area contributed by atoms with Crippen molar-refractivity contribution in [3.8, 4) is 46.0 Å². The van der Waals surface area contributed by atoms with Crippen molar-refractivity contribution in [1.29, 1.82) is 10.5 Å². The first kappa shape index (κ1) is 45.6. The molecule has 18 rings (SSSR count). The van der Waals surface area contributed by atoms with Crippen molar-refractivity contribution in [2.45, 2.75) is 0 Å². The molecule has 0 bridgehead atoms. The third-order valence-electron chi connectivity index (χ3n) is 17.6. The second kappa shape index (κ2) is 17.1. The summed E-state index contributed by atoms with van der Waals surface area (Å²) in [5.41, 5.74) is 12.9. The Balaban J connectivity index is 1.15. The molecule has 83 heavy (non-hydrogen) atoms. The average Bonchev–Trinajstić information content (AvgIpc) is 2.15. The smallest absolute Gasteiger partial charge is 0.104 e. The zero-order valence-corrected chi connectivity index (χ0v) is 45.2. The van der Waals surface area contributed by atoms with Crippen LogP contribution in [-0.4, -0.2) is 18.3 Å². The van der Waals surface area contributed by atoms with Crippen LogP contribution in [0.4, 0.5) is 0 Å². The van der Waals surface area contributed by atoms with Gasteiger partial charge in [0.2, 0.25) is 0 Å². The van der Waals surface area contributed by atoms with E-state index < -0.39 is 0 Å². The van der Waals surface area contributed by atoms with Crippen LogP contribution in [0.15, 0.2) is 255 Å². The monoisotopic (exact) mass is 1070 g/mol. The molecule has 0 unspecified atom stereocenters. The van der Waals surface area contributed by atoms with E-state index in [0.29, 0.717) is 33.9 Å². The van der Waals surface area contributed by atoms with Crippen molar-refractivity contribution in [3.05, 3.63) is 266 Å². The summed E-state index contributed by atoms with van der Waals surface area (Å²) in [6.07, 6.45) is 0. The molecule has 0 atom stereocenters. The highest BCUT2D eigenvalue weighted by molar-refractivity contribution is 7.26. The van der Waals surface area contributed by atoms with Crippen LogP contribution in [0, 0.1) is 22.7 Å². The van der Waals surface area contributed by atoms with Gasteiger partial charge in [0.1, 0.15) is 23.3 Å². The van der Waals surface area contributed by atoms with Crippen molar-refractivity contribution in [2.24, 2.45) is 0 Å². The van der Waals surface area contributed by atoms with Crippen LogP contribution in [0.3, 0.4) is 0 Å². The Morgan fingerprint density at radius 1 is 0.277 bits per heavy atom. The largest absolute Gasteiger partial charge is 0.306 e. The van der Waals surface area contributed by atoms with Gasteiger partial charge in [-0.3, -0.25) is 0 Å². The van der Waals surface area contributed by atoms with Crippen LogP contribution in [-0.2, 0) is 0 Å². The second-order valence-electron chi connectivity index (χ2n) is 21.6. The lowest BCUT2D eigenvalue weighted by atomic mass is 9.91. The van der Waals surface area contributed by atoms with Gasteiger partial charge >= 0.3 is 0 Å². The van der Waals surface area contributed by atoms with Gasteiger partial charge in [0.15, 0.2) is 0 Å². The lowest BCUT2D eigenvalue weighted by Gasteiger charge is -2.27. The molecule has 0 amide bonds. The van der Waals surface area contributed by atoms with Gasteiger partial charge < -0.3 is 18.3 Å². The molecular weight excluding hydrogens is 1030 g/mol. The Morgan fingerprint density at radius 2 is 0.651 bits per heavy atom. The first-order chi connectivity index (χ1) is 41.2. The van der Waals surface area contributed by atoms with Crippen molar-refractivity contribution in [1.82, 2.24) is 18.3 Å². The second-order valence-corrected chi connectivity index (χ2v) is 22.7. The molecule has 0 fully saturated rings. The molecule has 0 aliphatic carbocycles. The van der Waals surface area contributed by atoms with Gasteiger partial charge in [-0.15, -0.1) is 11.3 Å². The Morgan fingerprint density at radius 3 is 1.13 bits per heavy atom. The fraction of sp³-hybridized carbons (Fsp3) is 0. The van der Waals surface area contributed by atoms with E-state index in [0.717, 1.165) is 119 Å². The molecule has 0 saturated carbocycles. The fourth-order valence-corrected chi connectivity index (χ4v) is 15.6. The Kier molecular flexibility index (Phi) is 9.42. The zero-order valence-electron chi connectivity index (χ0n) is 44.3. The summed E-state index contributed by atoms with van der Waals surface area (Å²) < 4.78 is 11.5. The number of aromatic nitrogens is 4. The number of rotatable bonds is 5. The number of nitrogens with zero attached hydrogens (tertiary/aromatic N) is 6. The molecule has 0 aliphatic heterocycles. The van der Waals surface area contributed by atoms with Crippen LogP contribution in [0.25, 0.3) is 163 Å². The maximum atomic E-state index is 13.0. The van der Waals surface area contributed by atoms with E-state index in [2.05, 4.69) is 285 Å². The van der Waals surface area contributed by atoms with Crippen LogP contribution in [0.1, 0.15) is 11.1 Å². The lowest BCUT2D eigenvalue weighted by Crippen LogP contribution is -2.16. The quantitative estimate of drug-likeness (QED) is 0.161. The van der Waals surface area contributed by atoms with Crippen LogP contribution in [0.5, 0.6) is 0 Å². The van der Waals surface area contributed by atoms with Crippen molar-refractivity contribution in [2.75, 3.05) is 0 Å². The summed E-state index contributed by atoms with van der Waals surface area (Å²) in [5.74, 6) is 0. The highest BCUT2D eigenvalue weighted by Crippen LogP contribution is 2.52. The Bertz CT molecular complexity index is 5820. The molecule has 0 spiro atoms. The number of hydrogen-bond donors (Lipinski definition) is 0. The molecule has 18 aromatic rings. The summed E-state index contributed by atoms with van der Waals surface area (Å²) in [6, 6.07) is 96.7. The van der Waals surface area contributed by atoms with Crippen LogP contribution in [0.2, 0.25) is 0 Å². The van der Waals surface area contributed by atoms with E-state index in [1.165, 1.54) is 20.9 Å². The molecule has 382 valence electrons. The topological polar surface area (TPSA) is 67.3 Å². The molecule has 7 heteroatoms. The summed E-state index contributed by atoms with van der Waals surface area (Å²) >= 11 is 1.78. The summed E-state index contributed by atoms with van der Waals surface area (Å²) in [6.45, 7) is 0. The van der Waals surface area contributed by atoms with Gasteiger partial charge in [0.25, 0.3) is 0 Å². The SMILES string of the molecule is N#Cc1c(-n2c3ccccc3c3ccccc32)c(-n2c3ccccc3c3ccccc32)c(C#N)c(-n2c3cccc(-c4cc5ccccc5c5ccccc45)c3c3ccc4c5ccccc5sc4c32)c1-n1c2ccccc2c2ccccc21. The van der Waals surface area contributed by atoms with Gasteiger partial charge in [-0.05, 0) is 87.3 Å². The number of benzene rings is 13. The highest BCUT2D eigenvalue weighted by atomic mass is 32.1. The lowest BCUT2D eigenvalue weighted by molar-refractivity contribution is 1.03. The number of para-hydroxylation sites is 6. The highest BCUT2D eigenvalue weighted by Gasteiger charge is 2.35. The van der Waals surface area contributed by atoms with E-state index in [1.54, 1.807) is 11.3 Å². The molecular formula is C76H42N6S. The predicted molar refractivity (Wildman–Crippen MR) is 347 cm³/mol. The van der Waals surface area contributed by atoms with Crippen LogP contribution < -0.4 is 0 Å². The van der Waals surface area contributed by atoms with Gasteiger partial charge in [0.05, 0.1) is 71.6 Å². The minimum Gasteiger partial charge on any atom is -0.306 e. The maximum absolute atomic E-state index is 13.0. The zero-order chi connectivity index (χ0) is 54.6. The first-order valence-corrected chi connectivity index (χ1v) is 28.8. The van der Waals surface area contributed by atoms with Crippen molar-refractivity contribution in [3.63, 3.8) is 0 Å². The van der Waals surface area contributed by atoms with Gasteiger partial charge in [-0.1, -0.05) is 200 Å². The number of nitriles is 2. The number of thiophene rings is 1. The minimum absolute atomic E-state index is 0.419. The van der Waals surface area contributed by atoms with Gasteiger partial charge in [-0.25, -0.2) is 0 Å². The normalized spacial score (nSPS) is 12.1. The van der Waals surface area contributed by atoms with Gasteiger partial charge in [-0.2, -0.15) is 10.5 Å². The van der Waals surface area contributed by atoms with Crippen molar-refractivity contribution >= 4 is 140 Å². The van der Waals surface area contributed by atoms with E-state index in [1.807, 2.05) is 0 Å². The molecule has 0 saturated heterocycles. The van der Waals surface area contributed by atoms with E-state index in [9.17, 15) is 10.5 Å². The molecule has 13 aromatic carbocycles. The van der Waals surface area contributed by atoms with Crippen LogP contribution >= 0.6 is 11.3 Å². The molecule has 0 aliphatic rings. The minimum atomic E-state index is 0.419. The fourth-order valence-electron chi connectivity index (χ4n) is 14.3. The summed E-state index contributed by atoms with van der Waals surface area (Å²) in [5, 5.41) is 41.3. The molecule has 5 heterocycles. The number of fused-ring (bicyclic) bond motifs is 19. The van der Waals surface area contributed by atoms with E-state index >= 15 is 0 Å². The molecule has 5 aromatic heterocycles. The first-order valence-electron chi connectivity index (χ1n) is 28.0. The maximum Gasteiger partial charge on any atom is 0.104 e. The molecule has 0 radical (unpaired) electrons. The molecule has 6 nitrogen and oxygen atoms in total. The summed E-state index contributed by atoms with van der Waals surface area (Å²) in [7, 11) is 0. The van der Waals surface area contributed by atoms with Gasteiger partial charge in [0, 0.05) is 58.6 Å². The Labute approximate surface area is 478 Å². The average molecular weight is 1070 g/mol. The van der Waals surface area contributed by atoms with E-state index in [-0.39, 0.29) is 0 Å². The third kappa shape index (κ3) is 6.07. The molecule has 0 N–H and O–H groups in total. The standard InChI is InChI=1S/C76H42N6S/c77-43-60-71(79-62-32-12-5-24-49(62)50-25-6-13-33-63(50)79)72(80-64-34-14-7-26-51(64)52-27-8-15-35-65(52)80)61(44-78)74(73(60)81-66-36-16-9-28-53(66)54-29-10-17-37-67(54)81)82-68-38-19-31-56(59-42-45-20-1-2-21-46(45)47-22-3-4-23-48(47)59)70(68)58-41-40-57-55-30-11-18-39-69(55)83-76(57)75(58)82/h1-42H.